The van der Waals surface area contributed by atoms with Gasteiger partial charge in [0.1, 0.15) is 5.82 Å². The van der Waals surface area contributed by atoms with Gasteiger partial charge in [-0.15, -0.1) is 0 Å². The maximum atomic E-state index is 14.7. The molecule has 4 aromatic carbocycles. The van der Waals surface area contributed by atoms with E-state index in [1.807, 2.05) is 18.2 Å². The van der Waals surface area contributed by atoms with Crippen LogP contribution in [-0.4, -0.2) is 0 Å². The van der Waals surface area contributed by atoms with Gasteiger partial charge in [0.05, 0.1) is 0 Å². The first kappa shape index (κ1) is 18.3. The molecule has 0 nitrogen and oxygen atoms in total. The second-order valence-electron chi connectivity index (χ2n) is 6.97. The summed E-state index contributed by atoms with van der Waals surface area (Å²) in [4.78, 5) is 0. The minimum Gasteiger partial charge on any atom is -0.206 e. The highest BCUT2D eigenvalue weighted by Crippen LogP contribution is 2.30. The quantitative estimate of drug-likeness (QED) is 0.345. The zero-order valence-corrected chi connectivity index (χ0v) is 15.5. The third-order valence-corrected chi connectivity index (χ3v) is 4.98. The van der Waals surface area contributed by atoms with Crippen molar-refractivity contribution >= 4 is 10.8 Å². The zero-order chi connectivity index (χ0) is 19.7. The highest BCUT2D eigenvalue weighted by Gasteiger charge is 2.11. The van der Waals surface area contributed by atoms with Gasteiger partial charge in [-0.25, -0.2) is 13.2 Å². The van der Waals surface area contributed by atoms with E-state index in [9.17, 15) is 13.2 Å². The Bertz CT molecular complexity index is 1160. The Balaban J connectivity index is 1.70. The molecule has 0 aliphatic rings. The van der Waals surface area contributed by atoms with Crippen molar-refractivity contribution in [1.29, 1.82) is 0 Å². The van der Waals surface area contributed by atoms with Crippen LogP contribution >= 0.6 is 0 Å². The summed E-state index contributed by atoms with van der Waals surface area (Å²) in [5, 5.41) is 2.26. The molecule has 0 bridgehead atoms. The predicted molar refractivity (Wildman–Crippen MR) is 109 cm³/mol. The van der Waals surface area contributed by atoms with E-state index in [-0.39, 0.29) is 5.56 Å². The molecule has 0 aliphatic carbocycles. The summed E-state index contributed by atoms with van der Waals surface area (Å²) in [5.41, 5.74) is 3.51. The summed E-state index contributed by atoms with van der Waals surface area (Å²) in [6.07, 6.45) is 2.15. The van der Waals surface area contributed by atoms with Gasteiger partial charge < -0.3 is 0 Å². The van der Waals surface area contributed by atoms with Crippen LogP contribution in [0.5, 0.6) is 0 Å². The lowest BCUT2D eigenvalue weighted by Gasteiger charge is -2.09. The summed E-state index contributed by atoms with van der Waals surface area (Å²) in [6, 6.07) is 20.7. The van der Waals surface area contributed by atoms with Crippen molar-refractivity contribution in [2.75, 3.05) is 0 Å². The Kier molecular flexibility index (Phi) is 4.91. The van der Waals surface area contributed by atoms with Gasteiger partial charge in [-0.3, -0.25) is 0 Å². The molecule has 4 aromatic rings. The van der Waals surface area contributed by atoms with Gasteiger partial charge in [0.2, 0.25) is 0 Å². The summed E-state index contributed by atoms with van der Waals surface area (Å²) in [7, 11) is 0. The fourth-order valence-electron chi connectivity index (χ4n) is 3.51. The lowest BCUT2D eigenvalue weighted by atomic mass is 9.96. The van der Waals surface area contributed by atoms with Crippen LogP contribution in [0.15, 0.2) is 72.8 Å². The van der Waals surface area contributed by atoms with E-state index < -0.39 is 17.5 Å². The smallest absolute Gasteiger partial charge is 0.159 e. The fourth-order valence-corrected chi connectivity index (χ4v) is 3.51. The second kappa shape index (κ2) is 7.51. The van der Waals surface area contributed by atoms with Crippen LogP contribution in [0.3, 0.4) is 0 Å². The molecule has 0 atom stereocenters. The van der Waals surface area contributed by atoms with Gasteiger partial charge in [0.25, 0.3) is 0 Å². The van der Waals surface area contributed by atoms with E-state index in [0.717, 1.165) is 46.9 Å². The molecule has 0 amide bonds. The summed E-state index contributed by atoms with van der Waals surface area (Å²) in [5.74, 6) is -2.40. The van der Waals surface area contributed by atoms with Crippen molar-refractivity contribution < 1.29 is 13.2 Å². The van der Waals surface area contributed by atoms with Crippen molar-refractivity contribution in [3.63, 3.8) is 0 Å². The van der Waals surface area contributed by atoms with E-state index in [0.29, 0.717) is 5.56 Å². The fraction of sp³-hybridized carbons (Fsp3) is 0.120. The number of hydrogen-bond acceptors (Lipinski definition) is 0. The molecule has 0 spiro atoms. The average molecular weight is 376 g/mol. The van der Waals surface area contributed by atoms with Gasteiger partial charge in [-0.1, -0.05) is 61.9 Å². The van der Waals surface area contributed by atoms with E-state index in [1.54, 1.807) is 12.1 Å². The SMILES string of the molecule is CCCc1ccc2cc(-c3ccc(-c4ccc(F)c(F)c4)c(F)c3)ccc2c1. The van der Waals surface area contributed by atoms with E-state index >= 15 is 0 Å². The van der Waals surface area contributed by atoms with Crippen molar-refractivity contribution in [1.82, 2.24) is 0 Å². The van der Waals surface area contributed by atoms with Gasteiger partial charge in [-0.2, -0.15) is 0 Å². The third kappa shape index (κ3) is 3.53. The maximum Gasteiger partial charge on any atom is 0.159 e. The molecule has 3 heteroatoms. The van der Waals surface area contributed by atoms with Crippen LogP contribution in [0.4, 0.5) is 13.2 Å². The highest BCUT2D eigenvalue weighted by molar-refractivity contribution is 5.88. The van der Waals surface area contributed by atoms with E-state index in [4.69, 9.17) is 0 Å². The monoisotopic (exact) mass is 376 g/mol. The molecule has 140 valence electrons. The molecular weight excluding hydrogens is 357 g/mol. The highest BCUT2D eigenvalue weighted by atomic mass is 19.2. The van der Waals surface area contributed by atoms with Gasteiger partial charge in [0.15, 0.2) is 11.6 Å². The van der Waals surface area contributed by atoms with E-state index in [2.05, 4.69) is 25.1 Å². The van der Waals surface area contributed by atoms with Crippen molar-refractivity contribution in [3.8, 4) is 22.3 Å². The minimum atomic E-state index is -0.988. The van der Waals surface area contributed by atoms with E-state index in [1.165, 1.54) is 17.7 Å². The number of aryl methyl sites for hydroxylation is 1. The Morgan fingerprint density at radius 2 is 1.21 bits per heavy atom. The molecule has 0 aliphatic heterocycles. The first-order chi connectivity index (χ1) is 13.5. The van der Waals surface area contributed by atoms with Crippen LogP contribution in [0.2, 0.25) is 0 Å². The second-order valence-corrected chi connectivity index (χ2v) is 6.97. The topological polar surface area (TPSA) is 0 Å². The number of fused-ring (bicyclic) bond motifs is 1. The Morgan fingerprint density at radius 1 is 0.571 bits per heavy atom. The van der Waals surface area contributed by atoms with Gasteiger partial charge >= 0.3 is 0 Å². The molecule has 0 fully saturated rings. The first-order valence-electron chi connectivity index (χ1n) is 9.33. The van der Waals surface area contributed by atoms with Gasteiger partial charge in [-0.05, 0) is 63.7 Å². The first-order valence-corrected chi connectivity index (χ1v) is 9.33. The van der Waals surface area contributed by atoms with Crippen LogP contribution in [0.25, 0.3) is 33.0 Å². The Morgan fingerprint density at radius 3 is 1.96 bits per heavy atom. The molecule has 0 aromatic heterocycles. The zero-order valence-electron chi connectivity index (χ0n) is 15.5. The van der Waals surface area contributed by atoms with Crippen LogP contribution in [-0.2, 0) is 6.42 Å². The Labute approximate surface area is 162 Å². The van der Waals surface area contributed by atoms with Crippen LogP contribution in [0, 0.1) is 17.5 Å². The summed E-state index contributed by atoms with van der Waals surface area (Å²) < 4.78 is 41.3. The maximum absolute atomic E-state index is 14.7. The van der Waals surface area contributed by atoms with Gasteiger partial charge in [0, 0.05) is 5.56 Å². The molecule has 4 rings (SSSR count). The Hall–Kier alpha value is -3.07. The molecule has 28 heavy (non-hydrogen) atoms. The third-order valence-electron chi connectivity index (χ3n) is 4.98. The minimum absolute atomic E-state index is 0.243. The molecular formula is C25H19F3. The molecule has 0 unspecified atom stereocenters. The number of benzene rings is 4. The number of rotatable bonds is 4. The lowest BCUT2D eigenvalue weighted by molar-refractivity contribution is 0.509. The molecule has 0 saturated carbocycles. The van der Waals surface area contributed by atoms with Crippen molar-refractivity contribution in [3.05, 3.63) is 95.8 Å². The molecule has 0 radical (unpaired) electrons. The predicted octanol–water partition coefficient (Wildman–Crippen LogP) is 7.54. The molecule has 0 N–H and O–H groups in total. The van der Waals surface area contributed by atoms with Crippen molar-refractivity contribution in [2.45, 2.75) is 19.8 Å². The number of hydrogen-bond donors (Lipinski definition) is 0. The molecule has 0 saturated heterocycles. The standard InChI is InChI=1S/C25H19F3/c1-2-3-16-4-5-18-13-19(7-6-17(18)12-16)20-8-10-22(24(27)14-20)21-9-11-23(26)25(28)15-21/h4-15H,2-3H2,1H3. The largest absolute Gasteiger partial charge is 0.206 e. The normalized spacial score (nSPS) is 11.1. The summed E-state index contributed by atoms with van der Waals surface area (Å²) in [6.45, 7) is 2.16. The van der Waals surface area contributed by atoms with Crippen LogP contribution in [0.1, 0.15) is 18.9 Å². The van der Waals surface area contributed by atoms with Crippen LogP contribution < -0.4 is 0 Å². The average Bonchev–Trinajstić information content (AvgIpc) is 2.70. The molecule has 0 heterocycles. The number of halogens is 3. The lowest BCUT2D eigenvalue weighted by Crippen LogP contribution is -1.90. The van der Waals surface area contributed by atoms with Crippen molar-refractivity contribution in [2.24, 2.45) is 0 Å². The summed E-state index contributed by atoms with van der Waals surface area (Å²) >= 11 is 0.